The van der Waals surface area contributed by atoms with Crippen molar-refractivity contribution >= 4 is 5.65 Å². The molecule has 0 radical (unpaired) electrons. The molecule has 0 amide bonds. The van der Waals surface area contributed by atoms with Crippen molar-refractivity contribution in [3.63, 3.8) is 0 Å². The Labute approximate surface area is 63.9 Å². The summed E-state index contributed by atoms with van der Waals surface area (Å²) in [5, 5.41) is 4.20. The lowest BCUT2D eigenvalue weighted by molar-refractivity contribution is 0.880. The summed E-state index contributed by atoms with van der Waals surface area (Å²) in [6.45, 7) is 2.03. The summed E-state index contributed by atoms with van der Waals surface area (Å²) in [5.74, 6) is 0.859. The van der Waals surface area contributed by atoms with E-state index in [4.69, 9.17) is 0 Å². The Bertz CT molecular complexity index is 332. The van der Waals surface area contributed by atoms with E-state index in [1.165, 1.54) is 0 Å². The van der Waals surface area contributed by atoms with E-state index in [0.717, 1.165) is 17.9 Å². The van der Waals surface area contributed by atoms with E-state index in [9.17, 15) is 0 Å². The maximum atomic E-state index is 4.22. The van der Waals surface area contributed by atoms with Crippen LogP contribution in [0.5, 0.6) is 0 Å². The van der Waals surface area contributed by atoms with E-state index in [0.29, 0.717) is 0 Å². The van der Waals surface area contributed by atoms with Crippen LogP contribution in [-0.2, 0) is 6.42 Å². The Balaban J connectivity index is 2.69. The molecule has 0 aliphatic carbocycles. The van der Waals surface area contributed by atoms with Crippen LogP contribution in [0.4, 0.5) is 0 Å². The maximum Gasteiger partial charge on any atom is 0.173 e. The summed E-state index contributed by atoms with van der Waals surface area (Å²) >= 11 is 0. The highest BCUT2D eigenvalue weighted by atomic mass is 15.3. The SMILES string of the molecule is CCc1nc2cnccn2n1. The predicted octanol–water partition coefficient (Wildman–Crippen LogP) is 0.687. The molecule has 4 nitrogen and oxygen atoms in total. The molecule has 56 valence electrons. The molecule has 0 saturated heterocycles. The van der Waals surface area contributed by atoms with Crippen LogP contribution in [0.1, 0.15) is 12.7 Å². The summed E-state index contributed by atoms with van der Waals surface area (Å²) in [4.78, 5) is 8.16. The monoisotopic (exact) mass is 148 g/mol. The van der Waals surface area contributed by atoms with Gasteiger partial charge in [-0.3, -0.25) is 4.98 Å². The van der Waals surface area contributed by atoms with Gasteiger partial charge in [-0.25, -0.2) is 9.50 Å². The fraction of sp³-hybridized carbons (Fsp3) is 0.286. The van der Waals surface area contributed by atoms with Gasteiger partial charge in [0.25, 0.3) is 0 Å². The second-order valence-corrected chi connectivity index (χ2v) is 2.26. The molecule has 0 bridgehead atoms. The molecular weight excluding hydrogens is 140 g/mol. The predicted molar refractivity (Wildman–Crippen MR) is 40.2 cm³/mol. The zero-order valence-corrected chi connectivity index (χ0v) is 6.23. The molecule has 2 aromatic heterocycles. The molecule has 0 aliphatic heterocycles. The van der Waals surface area contributed by atoms with Gasteiger partial charge in [0.1, 0.15) is 0 Å². The Kier molecular flexibility index (Phi) is 1.31. The first-order valence-corrected chi connectivity index (χ1v) is 3.55. The normalized spacial score (nSPS) is 10.6. The Morgan fingerprint density at radius 1 is 1.55 bits per heavy atom. The Hall–Kier alpha value is -1.45. The number of aromatic nitrogens is 4. The summed E-state index contributed by atoms with van der Waals surface area (Å²) in [6, 6.07) is 0. The molecule has 4 heteroatoms. The van der Waals surface area contributed by atoms with Crippen LogP contribution in [0.15, 0.2) is 18.6 Å². The second-order valence-electron chi connectivity index (χ2n) is 2.26. The van der Waals surface area contributed by atoms with Gasteiger partial charge in [-0.15, -0.1) is 0 Å². The molecular formula is C7H8N4. The van der Waals surface area contributed by atoms with Gasteiger partial charge in [-0.2, -0.15) is 5.10 Å². The largest absolute Gasteiger partial charge is 0.259 e. The highest BCUT2D eigenvalue weighted by Crippen LogP contribution is 1.97. The summed E-state index contributed by atoms with van der Waals surface area (Å²) in [6.07, 6.45) is 6.05. The minimum absolute atomic E-state index is 0.810. The standard InChI is InChI=1S/C7H8N4/c1-2-6-9-7-5-8-3-4-11(7)10-6/h3-5H,2H2,1H3. The van der Waals surface area contributed by atoms with Gasteiger partial charge in [-0.1, -0.05) is 6.92 Å². The van der Waals surface area contributed by atoms with Crippen LogP contribution < -0.4 is 0 Å². The Morgan fingerprint density at radius 3 is 3.18 bits per heavy atom. The van der Waals surface area contributed by atoms with Gasteiger partial charge in [0, 0.05) is 18.8 Å². The Morgan fingerprint density at radius 2 is 2.45 bits per heavy atom. The van der Waals surface area contributed by atoms with Crippen molar-refractivity contribution in [1.82, 2.24) is 19.6 Å². The fourth-order valence-electron chi connectivity index (χ4n) is 0.940. The zero-order valence-electron chi connectivity index (χ0n) is 6.23. The summed E-state index contributed by atoms with van der Waals surface area (Å²) in [5.41, 5.74) is 0.810. The molecule has 2 rings (SSSR count). The van der Waals surface area contributed by atoms with Crippen LogP contribution >= 0.6 is 0 Å². The number of hydrogen-bond acceptors (Lipinski definition) is 3. The van der Waals surface area contributed by atoms with Crippen molar-refractivity contribution in [2.45, 2.75) is 13.3 Å². The minimum atomic E-state index is 0.810. The number of rotatable bonds is 1. The number of hydrogen-bond donors (Lipinski definition) is 0. The lowest BCUT2D eigenvalue weighted by Crippen LogP contribution is -1.87. The van der Waals surface area contributed by atoms with Crippen molar-refractivity contribution in [2.75, 3.05) is 0 Å². The van der Waals surface area contributed by atoms with Crippen LogP contribution in [0, 0.1) is 0 Å². The number of nitrogens with zero attached hydrogens (tertiary/aromatic N) is 4. The quantitative estimate of drug-likeness (QED) is 0.597. The van der Waals surface area contributed by atoms with Crippen LogP contribution in [0.2, 0.25) is 0 Å². The molecule has 0 aromatic carbocycles. The van der Waals surface area contributed by atoms with Gasteiger partial charge >= 0.3 is 0 Å². The van der Waals surface area contributed by atoms with E-state index in [1.807, 2.05) is 6.92 Å². The van der Waals surface area contributed by atoms with Gasteiger partial charge in [0.2, 0.25) is 0 Å². The second kappa shape index (κ2) is 2.30. The van der Waals surface area contributed by atoms with Crippen molar-refractivity contribution in [2.24, 2.45) is 0 Å². The van der Waals surface area contributed by atoms with Crippen molar-refractivity contribution in [1.29, 1.82) is 0 Å². The highest BCUT2D eigenvalue weighted by molar-refractivity contribution is 5.32. The summed E-state index contributed by atoms with van der Waals surface area (Å²) in [7, 11) is 0. The van der Waals surface area contributed by atoms with E-state index < -0.39 is 0 Å². The first-order valence-electron chi connectivity index (χ1n) is 3.55. The van der Waals surface area contributed by atoms with Crippen molar-refractivity contribution in [3.05, 3.63) is 24.4 Å². The molecule has 0 atom stereocenters. The number of aryl methyl sites for hydroxylation is 1. The van der Waals surface area contributed by atoms with Gasteiger partial charge in [0.15, 0.2) is 11.5 Å². The third kappa shape index (κ3) is 0.960. The smallest absolute Gasteiger partial charge is 0.173 e. The molecule has 0 spiro atoms. The third-order valence-electron chi connectivity index (χ3n) is 1.50. The summed E-state index contributed by atoms with van der Waals surface area (Å²) < 4.78 is 1.73. The molecule has 11 heavy (non-hydrogen) atoms. The molecule has 2 aromatic rings. The maximum absolute atomic E-state index is 4.22. The average molecular weight is 148 g/mol. The average Bonchev–Trinajstić information content (AvgIpc) is 2.46. The van der Waals surface area contributed by atoms with E-state index in [-0.39, 0.29) is 0 Å². The van der Waals surface area contributed by atoms with Crippen LogP contribution in [0.3, 0.4) is 0 Å². The van der Waals surface area contributed by atoms with Crippen LogP contribution in [-0.4, -0.2) is 19.6 Å². The molecule has 0 aliphatic rings. The number of fused-ring (bicyclic) bond motifs is 1. The molecule has 0 N–H and O–H groups in total. The van der Waals surface area contributed by atoms with Gasteiger partial charge in [-0.05, 0) is 0 Å². The highest BCUT2D eigenvalue weighted by Gasteiger charge is 1.98. The lowest BCUT2D eigenvalue weighted by atomic mass is 10.5. The first kappa shape index (κ1) is 6.27. The fourth-order valence-corrected chi connectivity index (χ4v) is 0.940. The van der Waals surface area contributed by atoms with Gasteiger partial charge in [0.05, 0.1) is 6.20 Å². The minimum Gasteiger partial charge on any atom is -0.259 e. The zero-order chi connectivity index (χ0) is 7.68. The van der Waals surface area contributed by atoms with E-state index >= 15 is 0 Å². The lowest BCUT2D eigenvalue weighted by Gasteiger charge is -1.84. The molecule has 0 saturated carbocycles. The van der Waals surface area contributed by atoms with Crippen LogP contribution in [0.25, 0.3) is 5.65 Å². The first-order chi connectivity index (χ1) is 5.40. The topological polar surface area (TPSA) is 43.1 Å². The molecule has 2 heterocycles. The van der Waals surface area contributed by atoms with E-state index in [1.54, 1.807) is 23.1 Å². The van der Waals surface area contributed by atoms with Crippen molar-refractivity contribution < 1.29 is 0 Å². The van der Waals surface area contributed by atoms with Crippen molar-refractivity contribution in [3.8, 4) is 0 Å². The third-order valence-corrected chi connectivity index (χ3v) is 1.50. The molecule has 0 fully saturated rings. The molecule has 0 unspecified atom stereocenters. The van der Waals surface area contributed by atoms with Gasteiger partial charge < -0.3 is 0 Å². The van der Waals surface area contributed by atoms with E-state index in [2.05, 4.69) is 15.1 Å².